The van der Waals surface area contributed by atoms with Crippen molar-refractivity contribution < 1.29 is 18.3 Å². The molecule has 1 aliphatic carbocycles. The van der Waals surface area contributed by atoms with Crippen LogP contribution in [0.3, 0.4) is 0 Å². The number of nitrogens with one attached hydrogen (secondary N) is 2. The first-order valence-corrected chi connectivity index (χ1v) is 22.0. The maximum absolute atomic E-state index is 15.8. The first kappa shape index (κ1) is 38.5. The van der Waals surface area contributed by atoms with Crippen LogP contribution in [0.1, 0.15) is 68.7 Å². The first-order chi connectivity index (χ1) is 25.9. The van der Waals surface area contributed by atoms with E-state index in [1.54, 1.807) is 33.9 Å². The lowest BCUT2D eigenvalue weighted by Gasteiger charge is -2.39. The highest BCUT2D eigenvalue weighted by atomic mass is 28.4. The van der Waals surface area contributed by atoms with Crippen molar-refractivity contribution in [2.45, 2.75) is 84.0 Å². The maximum Gasteiger partial charge on any atom is 0.274 e. The third-order valence-electron chi connectivity index (χ3n) is 11.6. The van der Waals surface area contributed by atoms with Gasteiger partial charge in [-0.05, 0) is 76.6 Å². The Hall–Kier alpha value is -4.78. The lowest BCUT2D eigenvalue weighted by molar-refractivity contribution is 0.0302. The third kappa shape index (κ3) is 7.59. The zero-order chi connectivity index (χ0) is 39.4. The summed E-state index contributed by atoms with van der Waals surface area (Å²) < 4.78 is 30.0. The summed E-state index contributed by atoms with van der Waals surface area (Å²) in [6.07, 6.45) is 6.15. The topological polar surface area (TPSA) is 101 Å². The molecule has 0 saturated carbocycles. The van der Waals surface area contributed by atoms with Crippen LogP contribution < -0.4 is 31.7 Å². The summed E-state index contributed by atoms with van der Waals surface area (Å²) in [5, 5.41) is 6.43. The average Bonchev–Trinajstić information content (AvgIpc) is 3.29. The van der Waals surface area contributed by atoms with Crippen molar-refractivity contribution in [3.63, 3.8) is 0 Å². The smallest absolute Gasteiger partial charge is 0.274 e. The number of ether oxygens (including phenoxy) is 1. The lowest BCUT2D eigenvalue weighted by Crippen LogP contribution is -2.46. The van der Waals surface area contributed by atoms with Crippen LogP contribution in [0.5, 0.6) is 0 Å². The van der Waals surface area contributed by atoms with Gasteiger partial charge >= 0.3 is 0 Å². The molecule has 7 rings (SSSR count). The van der Waals surface area contributed by atoms with E-state index in [-0.39, 0.29) is 33.8 Å². The van der Waals surface area contributed by atoms with Crippen molar-refractivity contribution in [3.05, 3.63) is 104 Å². The maximum atomic E-state index is 15.8. The fourth-order valence-corrected chi connectivity index (χ4v) is 8.61. The molecule has 290 valence electrons. The number of benzene rings is 2. The number of rotatable bonds is 6. The van der Waals surface area contributed by atoms with Gasteiger partial charge in [-0.15, -0.1) is 0 Å². The Labute approximate surface area is 323 Å². The molecule has 2 aromatic heterocycles. The van der Waals surface area contributed by atoms with Crippen molar-refractivity contribution in [1.29, 1.82) is 0 Å². The molecule has 1 atom stereocenters. The number of pyridine rings is 2. The lowest BCUT2D eigenvalue weighted by atomic mass is 9.86. The molecule has 4 aromatic rings. The van der Waals surface area contributed by atoms with Crippen LogP contribution in [0.4, 0.5) is 21.6 Å². The Bertz CT molecular complexity index is 2320. The molecular formula is C43H53FN6O4Si. The molecule has 1 fully saturated rings. The van der Waals surface area contributed by atoms with E-state index in [1.807, 2.05) is 48.7 Å². The van der Waals surface area contributed by atoms with E-state index in [9.17, 15) is 9.59 Å². The van der Waals surface area contributed by atoms with Gasteiger partial charge in [-0.25, -0.2) is 9.37 Å². The molecular weight excluding hydrogens is 712 g/mol. The van der Waals surface area contributed by atoms with Gasteiger partial charge in [0.2, 0.25) is 0 Å². The van der Waals surface area contributed by atoms with Crippen LogP contribution >= 0.6 is 0 Å². The van der Waals surface area contributed by atoms with E-state index >= 15 is 4.39 Å². The first-order valence-electron chi connectivity index (χ1n) is 19.1. The monoisotopic (exact) mass is 764 g/mol. The quantitative estimate of drug-likeness (QED) is 0.228. The van der Waals surface area contributed by atoms with E-state index in [4.69, 9.17) is 9.16 Å². The number of carbonyl (C=O) groups excluding carboxylic acids is 1. The van der Waals surface area contributed by atoms with Gasteiger partial charge in [0.25, 0.3) is 11.5 Å². The van der Waals surface area contributed by atoms with Gasteiger partial charge < -0.3 is 29.4 Å². The number of hydrogen-bond acceptors (Lipinski definition) is 8. The fraction of sp³-hybridized carbons (Fsp3) is 0.419. The second-order valence-electron chi connectivity index (χ2n) is 17.4. The Morgan fingerprint density at radius 2 is 1.76 bits per heavy atom. The molecule has 0 radical (unpaired) electrons. The number of anilines is 3. The van der Waals surface area contributed by atoms with E-state index in [2.05, 4.69) is 76.4 Å². The van der Waals surface area contributed by atoms with Crippen molar-refractivity contribution in [1.82, 2.24) is 19.9 Å². The molecule has 2 aliphatic heterocycles. The minimum Gasteiger partial charge on any atom is -0.413 e. The number of fused-ring (bicyclic) bond motifs is 4. The molecule has 1 saturated heterocycles. The fourth-order valence-electron chi connectivity index (χ4n) is 7.26. The number of nitrogens with zero attached hydrogens (tertiary/aromatic N) is 4. The summed E-state index contributed by atoms with van der Waals surface area (Å²) in [6.45, 7) is 19.6. The second-order valence-corrected chi connectivity index (χ2v) is 22.2. The minimum absolute atomic E-state index is 0.0240. The Morgan fingerprint density at radius 3 is 2.44 bits per heavy atom. The van der Waals surface area contributed by atoms with Crippen LogP contribution in [-0.2, 0) is 34.5 Å². The van der Waals surface area contributed by atoms with E-state index < -0.39 is 8.32 Å². The van der Waals surface area contributed by atoms with Gasteiger partial charge in [0.1, 0.15) is 17.3 Å². The SMILES string of the molecule is Cn1c2c(cc(Nc3ccc(C(=O)N4CCOCC4)cn3)c1=O)-c1cccc(N3C=c4c(F)cc(C(C)(C)C)cc4=CN3)c1CC(O[Si](C)(C)C(C)(C)C)C2. The molecule has 12 heteroatoms. The highest BCUT2D eigenvalue weighted by Gasteiger charge is 2.40. The van der Waals surface area contributed by atoms with Crippen molar-refractivity contribution in [2.75, 3.05) is 36.6 Å². The molecule has 0 bridgehead atoms. The van der Waals surface area contributed by atoms with Gasteiger partial charge in [0.15, 0.2) is 8.32 Å². The largest absolute Gasteiger partial charge is 0.413 e. The number of amides is 1. The highest BCUT2D eigenvalue weighted by molar-refractivity contribution is 6.74. The molecule has 1 amide bonds. The molecule has 0 spiro atoms. The van der Waals surface area contributed by atoms with Crippen molar-refractivity contribution >= 4 is 43.8 Å². The molecule has 1 unspecified atom stereocenters. The summed E-state index contributed by atoms with van der Waals surface area (Å²) in [5.41, 5.74) is 9.47. The predicted octanol–water partition coefficient (Wildman–Crippen LogP) is 6.09. The van der Waals surface area contributed by atoms with Gasteiger partial charge in [0.05, 0.1) is 30.6 Å². The normalized spacial score (nSPS) is 17.2. The zero-order valence-corrected chi connectivity index (χ0v) is 34.5. The zero-order valence-electron chi connectivity index (χ0n) is 33.5. The number of aromatic nitrogens is 2. The van der Waals surface area contributed by atoms with Crippen LogP contribution in [0.15, 0.2) is 59.5 Å². The third-order valence-corrected chi connectivity index (χ3v) is 16.1. The summed E-state index contributed by atoms with van der Waals surface area (Å²) in [6, 6.07) is 15.2. The highest BCUT2D eigenvalue weighted by Crippen LogP contribution is 2.42. The number of hydrazine groups is 1. The summed E-state index contributed by atoms with van der Waals surface area (Å²) in [5.74, 6) is 0.0916. The Balaban J connectivity index is 1.30. The van der Waals surface area contributed by atoms with Gasteiger partial charge in [-0.2, -0.15) is 0 Å². The summed E-state index contributed by atoms with van der Waals surface area (Å²) >= 11 is 0. The van der Waals surface area contributed by atoms with E-state index in [0.717, 1.165) is 38.9 Å². The standard InChI is InChI=1S/C43H53FN6O4Si/c1-42(2,3)29-19-28-25-46-50(26-34(28)35(44)20-29)37-12-10-11-31-32(37)21-30(54-55(8,9)43(4,5)6)22-38-33(31)23-36(41(52)48(38)7)47-39-14-13-27(24-45-39)40(51)49-15-17-53-18-16-49/h10-14,19-20,23-26,30,46H,15-18,21-22H2,1-9H3,(H,45,47). The molecule has 55 heavy (non-hydrogen) atoms. The van der Waals surface area contributed by atoms with Gasteiger partial charge in [0, 0.05) is 73.3 Å². The van der Waals surface area contributed by atoms with Crippen LogP contribution in [0.25, 0.3) is 23.5 Å². The predicted molar refractivity (Wildman–Crippen MR) is 220 cm³/mol. The molecule has 2 aromatic carbocycles. The Kier molecular flexibility index (Phi) is 10.1. The molecule has 10 nitrogen and oxygen atoms in total. The number of carbonyl (C=O) groups is 1. The second kappa shape index (κ2) is 14.4. The molecule has 3 aliphatic rings. The molecule has 2 N–H and O–H groups in total. The van der Waals surface area contributed by atoms with E-state index in [1.165, 1.54) is 0 Å². The number of hydrogen-bond donors (Lipinski definition) is 2. The van der Waals surface area contributed by atoms with Gasteiger partial charge in [-0.1, -0.05) is 53.7 Å². The molecule has 4 heterocycles. The van der Waals surface area contributed by atoms with Crippen molar-refractivity contribution in [2.24, 2.45) is 7.05 Å². The number of halogens is 1. The number of morpholine rings is 1. The average molecular weight is 765 g/mol. The summed E-state index contributed by atoms with van der Waals surface area (Å²) in [4.78, 5) is 33.4. The van der Waals surface area contributed by atoms with Gasteiger partial charge in [-0.3, -0.25) is 14.6 Å². The minimum atomic E-state index is -2.24. The van der Waals surface area contributed by atoms with Crippen LogP contribution in [0.2, 0.25) is 18.1 Å². The Morgan fingerprint density at radius 1 is 1.02 bits per heavy atom. The van der Waals surface area contributed by atoms with Crippen LogP contribution in [0, 0.1) is 5.82 Å². The van der Waals surface area contributed by atoms with Crippen LogP contribution in [-0.4, -0.2) is 61.1 Å². The van der Waals surface area contributed by atoms with Crippen molar-refractivity contribution in [3.8, 4) is 11.1 Å². The summed E-state index contributed by atoms with van der Waals surface area (Å²) in [7, 11) is -0.433. The van der Waals surface area contributed by atoms with E-state index in [0.29, 0.717) is 61.4 Å².